The highest BCUT2D eigenvalue weighted by molar-refractivity contribution is 5.99. The maximum absolute atomic E-state index is 12.5. The van der Waals surface area contributed by atoms with Gasteiger partial charge in [0, 0.05) is 12.5 Å². The lowest BCUT2D eigenvalue weighted by atomic mass is 10.0. The van der Waals surface area contributed by atoms with Crippen molar-refractivity contribution < 1.29 is 19.1 Å². The van der Waals surface area contributed by atoms with Crippen molar-refractivity contribution in [2.75, 3.05) is 6.54 Å². The predicted molar refractivity (Wildman–Crippen MR) is 126 cm³/mol. The monoisotopic (exact) mass is 437 g/mol. The van der Waals surface area contributed by atoms with Gasteiger partial charge in [0.2, 0.25) is 5.91 Å². The number of rotatable bonds is 19. The summed E-state index contributed by atoms with van der Waals surface area (Å²) in [7, 11) is 0. The molecule has 1 aliphatic rings. The molecule has 5 heteroatoms. The molecule has 1 heterocycles. The molecule has 1 unspecified atom stereocenters. The van der Waals surface area contributed by atoms with Crippen LogP contribution < -0.4 is 0 Å². The topological polar surface area (TPSA) is 63.7 Å². The lowest BCUT2D eigenvalue weighted by Gasteiger charge is -2.27. The van der Waals surface area contributed by atoms with E-state index >= 15 is 0 Å². The number of unbranched alkanes of at least 4 members (excludes halogenated alkanes) is 15. The van der Waals surface area contributed by atoms with E-state index in [1.807, 2.05) is 13.8 Å². The van der Waals surface area contributed by atoms with Gasteiger partial charge in [-0.15, -0.1) is 0 Å². The minimum Gasteiger partial charge on any atom is -0.392 e. The molecule has 0 aromatic heterocycles. The highest BCUT2D eigenvalue weighted by Gasteiger charge is 2.40. The van der Waals surface area contributed by atoms with E-state index in [0.717, 1.165) is 19.3 Å². The maximum Gasteiger partial charge on any atom is 0.337 e. The zero-order valence-corrected chi connectivity index (χ0v) is 20.5. The Morgan fingerprint density at radius 2 is 1.23 bits per heavy atom. The zero-order chi connectivity index (χ0) is 22.9. The van der Waals surface area contributed by atoms with Crippen LogP contribution in [0, 0.1) is 5.92 Å². The van der Waals surface area contributed by atoms with Gasteiger partial charge in [-0.25, -0.2) is 4.79 Å². The van der Waals surface area contributed by atoms with Crippen molar-refractivity contribution >= 4 is 17.8 Å². The van der Waals surface area contributed by atoms with Crippen LogP contribution in [0.5, 0.6) is 0 Å². The summed E-state index contributed by atoms with van der Waals surface area (Å²) in [5, 5.41) is 0. The zero-order valence-electron chi connectivity index (χ0n) is 20.5. The molecular weight excluding hydrogens is 390 g/mol. The number of esters is 2. The normalized spacial score (nSPS) is 16.2. The number of hydrogen-bond donors (Lipinski definition) is 0. The van der Waals surface area contributed by atoms with Crippen LogP contribution in [0.3, 0.4) is 0 Å². The first-order valence-corrected chi connectivity index (χ1v) is 13.0. The van der Waals surface area contributed by atoms with Gasteiger partial charge in [-0.2, -0.15) is 0 Å². The molecule has 1 amide bonds. The molecule has 0 saturated carbocycles. The van der Waals surface area contributed by atoms with Crippen LogP contribution in [-0.2, 0) is 19.1 Å². The molecule has 1 saturated heterocycles. The van der Waals surface area contributed by atoms with Crippen molar-refractivity contribution in [1.29, 1.82) is 0 Å². The number of ether oxygens (including phenoxy) is 1. The highest BCUT2D eigenvalue weighted by Crippen LogP contribution is 2.19. The lowest BCUT2D eigenvalue weighted by molar-refractivity contribution is -0.155. The van der Waals surface area contributed by atoms with Gasteiger partial charge >= 0.3 is 11.9 Å². The molecule has 31 heavy (non-hydrogen) atoms. The van der Waals surface area contributed by atoms with E-state index in [9.17, 15) is 14.4 Å². The SMILES string of the molecule is CCCCCCCCCCCCCCCCCCN(C(=O)C(C)C)C1CC(=O)OC1=O. The molecule has 0 spiro atoms. The first-order chi connectivity index (χ1) is 15.0. The van der Waals surface area contributed by atoms with Gasteiger partial charge in [-0.05, 0) is 6.42 Å². The predicted octanol–water partition coefficient (Wildman–Crippen LogP) is 6.57. The van der Waals surface area contributed by atoms with Crippen molar-refractivity contribution in [2.24, 2.45) is 5.92 Å². The van der Waals surface area contributed by atoms with E-state index in [1.54, 1.807) is 4.90 Å². The molecule has 0 radical (unpaired) electrons. The van der Waals surface area contributed by atoms with Crippen molar-refractivity contribution in [1.82, 2.24) is 4.90 Å². The molecule has 1 rings (SSSR count). The fourth-order valence-electron chi connectivity index (χ4n) is 4.28. The van der Waals surface area contributed by atoms with Crippen LogP contribution in [-0.4, -0.2) is 35.3 Å². The van der Waals surface area contributed by atoms with E-state index in [4.69, 9.17) is 0 Å². The summed E-state index contributed by atoms with van der Waals surface area (Å²) in [6.07, 6.45) is 20.8. The van der Waals surface area contributed by atoms with E-state index in [-0.39, 0.29) is 18.2 Å². The second kappa shape index (κ2) is 17.2. The third kappa shape index (κ3) is 12.3. The van der Waals surface area contributed by atoms with Gasteiger partial charge in [0.25, 0.3) is 0 Å². The summed E-state index contributed by atoms with van der Waals surface area (Å²) < 4.78 is 4.65. The summed E-state index contributed by atoms with van der Waals surface area (Å²) in [4.78, 5) is 37.3. The summed E-state index contributed by atoms with van der Waals surface area (Å²) in [6.45, 7) is 6.45. The quantitative estimate of drug-likeness (QED) is 0.130. The molecular formula is C26H47NO4. The smallest absolute Gasteiger partial charge is 0.337 e. The third-order valence-electron chi connectivity index (χ3n) is 6.25. The Morgan fingerprint density at radius 3 is 1.58 bits per heavy atom. The molecule has 0 aromatic rings. The number of carbonyl (C=O) groups excluding carboxylic acids is 3. The molecule has 0 N–H and O–H groups in total. The van der Waals surface area contributed by atoms with E-state index in [1.165, 1.54) is 83.5 Å². The summed E-state index contributed by atoms with van der Waals surface area (Å²) >= 11 is 0. The second-order valence-electron chi connectivity index (χ2n) is 9.50. The molecule has 1 fully saturated rings. The van der Waals surface area contributed by atoms with E-state index in [0.29, 0.717) is 6.54 Å². The Morgan fingerprint density at radius 1 is 0.806 bits per heavy atom. The lowest BCUT2D eigenvalue weighted by Crippen LogP contribution is -2.45. The minimum atomic E-state index is -0.723. The fourth-order valence-corrected chi connectivity index (χ4v) is 4.28. The third-order valence-corrected chi connectivity index (χ3v) is 6.25. The molecule has 5 nitrogen and oxygen atoms in total. The Bertz CT molecular complexity index is 518. The van der Waals surface area contributed by atoms with Crippen molar-refractivity contribution in [3.05, 3.63) is 0 Å². The van der Waals surface area contributed by atoms with Gasteiger partial charge in [0.1, 0.15) is 6.04 Å². The van der Waals surface area contributed by atoms with Crippen LogP contribution in [0.25, 0.3) is 0 Å². The number of nitrogens with zero attached hydrogens (tertiary/aromatic N) is 1. The number of amides is 1. The molecule has 180 valence electrons. The minimum absolute atomic E-state index is 0.00382. The van der Waals surface area contributed by atoms with Crippen LogP contribution in [0.2, 0.25) is 0 Å². The Labute approximate surface area is 190 Å². The molecule has 0 bridgehead atoms. The van der Waals surface area contributed by atoms with Crippen LogP contribution >= 0.6 is 0 Å². The Hall–Kier alpha value is -1.39. The van der Waals surface area contributed by atoms with Gasteiger partial charge in [-0.3, -0.25) is 9.59 Å². The van der Waals surface area contributed by atoms with Gasteiger partial charge in [0.15, 0.2) is 0 Å². The largest absolute Gasteiger partial charge is 0.392 e. The molecule has 0 aliphatic carbocycles. The number of carbonyl (C=O) groups is 3. The van der Waals surface area contributed by atoms with Gasteiger partial charge in [0.05, 0.1) is 6.42 Å². The van der Waals surface area contributed by atoms with E-state index in [2.05, 4.69) is 11.7 Å². The summed E-state index contributed by atoms with van der Waals surface area (Å²) in [6, 6.07) is -0.723. The summed E-state index contributed by atoms with van der Waals surface area (Å²) in [5.74, 6) is -1.36. The van der Waals surface area contributed by atoms with Crippen molar-refractivity contribution in [3.63, 3.8) is 0 Å². The van der Waals surface area contributed by atoms with Crippen LogP contribution in [0.1, 0.15) is 130 Å². The average Bonchev–Trinajstić information content (AvgIpc) is 3.07. The summed E-state index contributed by atoms with van der Waals surface area (Å²) in [5.41, 5.74) is 0. The maximum atomic E-state index is 12.5. The Kier molecular flexibility index (Phi) is 15.3. The van der Waals surface area contributed by atoms with Crippen molar-refractivity contribution in [2.45, 2.75) is 136 Å². The molecule has 1 aliphatic heterocycles. The number of cyclic esters (lactones) is 2. The van der Waals surface area contributed by atoms with Crippen LogP contribution in [0.15, 0.2) is 0 Å². The number of hydrogen-bond acceptors (Lipinski definition) is 4. The van der Waals surface area contributed by atoms with Crippen LogP contribution in [0.4, 0.5) is 0 Å². The molecule has 0 aromatic carbocycles. The fraction of sp³-hybridized carbons (Fsp3) is 0.885. The van der Waals surface area contributed by atoms with Crippen molar-refractivity contribution in [3.8, 4) is 0 Å². The Balaban J connectivity index is 2.02. The molecule has 1 atom stereocenters. The van der Waals surface area contributed by atoms with Gasteiger partial charge < -0.3 is 9.64 Å². The first kappa shape index (κ1) is 27.6. The average molecular weight is 438 g/mol. The van der Waals surface area contributed by atoms with Gasteiger partial charge in [-0.1, -0.05) is 117 Å². The first-order valence-electron chi connectivity index (χ1n) is 13.0. The van der Waals surface area contributed by atoms with E-state index < -0.39 is 18.0 Å². The second-order valence-corrected chi connectivity index (χ2v) is 9.50. The standard InChI is InChI=1S/C26H47NO4/c1-4-5-6-7-8-9-10-11-12-13-14-15-16-17-18-19-20-27(25(29)22(2)3)23-21-24(28)31-26(23)30/h22-23H,4-21H2,1-3H3. The highest BCUT2D eigenvalue weighted by atomic mass is 16.6.